The fraction of sp³-hybridized carbons (Fsp3) is 0.0667. The van der Waals surface area contributed by atoms with Crippen LogP contribution >= 0.6 is 34.8 Å². The number of anilines is 1. The van der Waals surface area contributed by atoms with Crippen molar-refractivity contribution in [3.05, 3.63) is 133 Å². The van der Waals surface area contributed by atoms with Gasteiger partial charge >= 0.3 is 5.97 Å². The molecule has 9 heteroatoms. The number of nitrogens with zero attached hydrogens (tertiary/aromatic N) is 1. The van der Waals surface area contributed by atoms with Crippen LogP contribution in [-0.4, -0.2) is 23.6 Å². The zero-order valence-electron chi connectivity index (χ0n) is 20.3. The number of amides is 2. The summed E-state index contributed by atoms with van der Waals surface area (Å²) < 4.78 is 5.73. The van der Waals surface area contributed by atoms with Crippen LogP contribution in [0.3, 0.4) is 0 Å². The van der Waals surface area contributed by atoms with Crippen molar-refractivity contribution in [3.8, 4) is 0 Å². The maximum Gasteiger partial charge on any atom is 0.339 e. The van der Waals surface area contributed by atoms with Crippen LogP contribution in [-0.2, 0) is 4.74 Å². The van der Waals surface area contributed by atoms with Gasteiger partial charge in [0.15, 0.2) is 6.10 Å². The molecule has 0 saturated heterocycles. The number of ketones is 1. The second-order valence-corrected chi connectivity index (χ2v) is 10.1. The fourth-order valence-electron chi connectivity index (χ4n) is 4.27. The average molecular weight is 579 g/mol. The number of ether oxygens (including phenoxy) is 1. The van der Waals surface area contributed by atoms with Crippen LogP contribution in [0.4, 0.5) is 5.69 Å². The van der Waals surface area contributed by atoms with Crippen molar-refractivity contribution in [2.24, 2.45) is 0 Å². The minimum absolute atomic E-state index is 0.0445. The molecule has 1 heterocycles. The number of imide groups is 1. The Labute approximate surface area is 238 Å². The molecular weight excluding hydrogens is 561 g/mol. The summed E-state index contributed by atoms with van der Waals surface area (Å²) in [7, 11) is 0. The number of aryl methyl sites for hydroxylation is 1. The molecule has 0 bridgehead atoms. The highest BCUT2D eigenvalue weighted by atomic mass is 35.5. The molecule has 194 valence electrons. The molecular formula is C30H18Cl3NO5. The molecule has 6 nitrogen and oxygen atoms in total. The number of Topliss-reactive ketones (excluding diaryl/α,β-unsaturated/α-hetero) is 1. The first-order valence-electron chi connectivity index (χ1n) is 11.7. The summed E-state index contributed by atoms with van der Waals surface area (Å²) >= 11 is 18.1. The average Bonchev–Trinajstić information content (AvgIpc) is 3.17. The van der Waals surface area contributed by atoms with Gasteiger partial charge in [-0.2, -0.15) is 0 Å². The Balaban J connectivity index is 1.48. The number of esters is 1. The Bertz CT molecular complexity index is 1610. The first-order chi connectivity index (χ1) is 18.7. The highest BCUT2D eigenvalue weighted by Crippen LogP contribution is 2.36. The van der Waals surface area contributed by atoms with Crippen molar-refractivity contribution in [1.29, 1.82) is 0 Å². The number of fused-ring (bicyclic) bond motifs is 1. The highest BCUT2D eigenvalue weighted by molar-refractivity contribution is 6.44. The quantitative estimate of drug-likeness (QED) is 0.134. The maximum atomic E-state index is 13.4. The molecule has 0 spiro atoms. The van der Waals surface area contributed by atoms with E-state index in [1.807, 2.05) is 0 Å². The van der Waals surface area contributed by atoms with Gasteiger partial charge < -0.3 is 4.74 Å². The molecule has 0 fully saturated rings. The molecule has 1 aliphatic heterocycles. The van der Waals surface area contributed by atoms with Crippen LogP contribution < -0.4 is 4.90 Å². The predicted molar refractivity (Wildman–Crippen MR) is 149 cm³/mol. The van der Waals surface area contributed by atoms with Gasteiger partial charge in [0.2, 0.25) is 5.78 Å². The van der Waals surface area contributed by atoms with Crippen LogP contribution in [0, 0.1) is 6.92 Å². The van der Waals surface area contributed by atoms with E-state index >= 15 is 0 Å². The first kappa shape index (κ1) is 26.6. The van der Waals surface area contributed by atoms with Crippen LogP contribution in [0.25, 0.3) is 0 Å². The molecule has 0 aliphatic carbocycles. The van der Waals surface area contributed by atoms with Gasteiger partial charge in [-0.25, -0.2) is 9.69 Å². The van der Waals surface area contributed by atoms with Gasteiger partial charge in [0.1, 0.15) is 0 Å². The summed E-state index contributed by atoms with van der Waals surface area (Å²) in [5, 5.41) is 0.746. The summed E-state index contributed by atoms with van der Waals surface area (Å²) in [5.41, 5.74) is 1.81. The second-order valence-electron chi connectivity index (χ2n) is 8.83. The van der Waals surface area contributed by atoms with Crippen molar-refractivity contribution in [3.63, 3.8) is 0 Å². The molecule has 0 N–H and O–H groups in total. The van der Waals surface area contributed by atoms with E-state index in [4.69, 9.17) is 39.5 Å². The third kappa shape index (κ3) is 5.06. The van der Waals surface area contributed by atoms with Crippen molar-refractivity contribution in [1.82, 2.24) is 0 Å². The molecule has 0 saturated carbocycles. The first-order valence-corrected chi connectivity index (χ1v) is 12.8. The summed E-state index contributed by atoms with van der Waals surface area (Å²) in [6, 6.07) is 22.0. The van der Waals surface area contributed by atoms with Crippen molar-refractivity contribution < 1.29 is 23.9 Å². The van der Waals surface area contributed by atoms with Gasteiger partial charge in [-0.15, -0.1) is 0 Å². The smallest absolute Gasteiger partial charge is 0.339 e. The Morgan fingerprint density at radius 1 is 0.744 bits per heavy atom. The topological polar surface area (TPSA) is 80.8 Å². The van der Waals surface area contributed by atoms with Gasteiger partial charge in [-0.1, -0.05) is 83.3 Å². The van der Waals surface area contributed by atoms with E-state index < -0.39 is 29.7 Å². The van der Waals surface area contributed by atoms with Gasteiger partial charge in [0.25, 0.3) is 11.8 Å². The minimum atomic E-state index is -1.26. The Kier molecular flexibility index (Phi) is 7.28. The molecule has 5 rings (SSSR count). The van der Waals surface area contributed by atoms with Crippen molar-refractivity contribution in [2.45, 2.75) is 13.0 Å². The number of hydrogen-bond acceptors (Lipinski definition) is 5. The normalized spacial score (nSPS) is 13.3. The van der Waals surface area contributed by atoms with Gasteiger partial charge in [0.05, 0.1) is 32.4 Å². The lowest BCUT2D eigenvalue weighted by atomic mass is 9.99. The van der Waals surface area contributed by atoms with Gasteiger partial charge in [-0.05, 0) is 48.9 Å². The van der Waals surface area contributed by atoms with Crippen LogP contribution in [0.15, 0.2) is 84.9 Å². The lowest BCUT2D eigenvalue weighted by molar-refractivity contribution is 0.0280. The minimum Gasteiger partial charge on any atom is -0.445 e. The molecule has 4 aromatic rings. The van der Waals surface area contributed by atoms with Crippen LogP contribution in [0.5, 0.6) is 0 Å². The molecule has 4 aromatic carbocycles. The molecule has 0 unspecified atom stereocenters. The van der Waals surface area contributed by atoms with Gasteiger partial charge in [-0.3, -0.25) is 14.4 Å². The van der Waals surface area contributed by atoms with E-state index in [2.05, 4.69) is 0 Å². The monoisotopic (exact) mass is 577 g/mol. The number of halogens is 3. The van der Waals surface area contributed by atoms with E-state index in [0.29, 0.717) is 21.7 Å². The second kappa shape index (κ2) is 10.7. The summed E-state index contributed by atoms with van der Waals surface area (Å²) in [6.45, 7) is 1.70. The highest BCUT2D eigenvalue weighted by Gasteiger charge is 2.38. The summed E-state index contributed by atoms with van der Waals surface area (Å²) in [6.07, 6.45) is -1.26. The van der Waals surface area contributed by atoms with E-state index in [1.54, 1.807) is 67.6 Å². The maximum absolute atomic E-state index is 13.4. The number of rotatable bonds is 6. The number of carbonyl (C=O) groups excluding carboxylic acids is 4. The molecule has 1 atom stereocenters. The molecule has 39 heavy (non-hydrogen) atoms. The van der Waals surface area contributed by atoms with E-state index in [1.165, 1.54) is 24.3 Å². The summed E-state index contributed by atoms with van der Waals surface area (Å²) in [4.78, 5) is 54.0. The number of benzene rings is 4. The van der Waals surface area contributed by atoms with Crippen molar-refractivity contribution in [2.75, 3.05) is 4.90 Å². The molecule has 0 aromatic heterocycles. The lowest BCUT2D eigenvalue weighted by Gasteiger charge is -2.20. The van der Waals surface area contributed by atoms with E-state index in [-0.39, 0.29) is 32.4 Å². The van der Waals surface area contributed by atoms with Crippen molar-refractivity contribution >= 4 is 64.1 Å². The number of carbonyl (C=O) groups is 4. The standard InChI is InChI=1S/C30H18Cl3NO5/c1-16-7-8-19(13-25(16)34-28(36)21-14-23(32)24(33)15-22(21)29(34)37)30(38)39-27(18-9-11-20(31)12-10-18)26(35)17-5-3-2-4-6-17/h2-15,27H,1H3/t27-/m1/s1. The SMILES string of the molecule is Cc1ccc(C(=O)O[C@@H](C(=O)c2ccccc2)c2ccc(Cl)cc2)cc1N1C(=O)c2cc(Cl)c(Cl)cc2C1=O. The van der Waals surface area contributed by atoms with Crippen LogP contribution in [0.1, 0.15) is 58.7 Å². The zero-order chi connectivity index (χ0) is 27.8. The largest absolute Gasteiger partial charge is 0.445 e. The molecule has 0 radical (unpaired) electrons. The lowest BCUT2D eigenvalue weighted by Crippen LogP contribution is -2.30. The third-order valence-electron chi connectivity index (χ3n) is 6.31. The third-order valence-corrected chi connectivity index (χ3v) is 7.28. The predicted octanol–water partition coefficient (Wildman–Crippen LogP) is 7.54. The molecule has 2 amide bonds. The van der Waals surface area contributed by atoms with Gasteiger partial charge in [0, 0.05) is 16.1 Å². The number of hydrogen-bond donors (Lipinski definition) is 0. The fourth-order valence-corrected chi connectivity index (χ4v) is 4.72. The molecule has 1 aliphatic rings. The van der Waals surface area contributed by atoms with E-state index in [9.17, 15) is 19.2 Å². The Morgan fingerprint density at radius 3 is 1.92 bits per heavy atom. The zero-order valence-corrected chi connectivity index (χ0v) is 22.6. The summed E-state index contributed by atoms with van der Waals surface area (Å²) in [5.74, 6) is -2.43. The Morgan fingerprint density at radius 2 is 1.33 bits per heavy atom. The van der Waals surface area contributed by atoms with Crippen LogP contribution in [0.2, 0.25) is 15.1 Å². The van der Waals surface area contributed by atoms with E-state index in [0.717, 1.165) is 4.90 Å². The Hall–Kier alpha value is -3.97.